The Hall–Kier alpha value is -2.32. The molecule has 0 unspecified atom stereocenters. The maximum Gasteiger partial charge on any atom is 0.253 e. The fourth-order valence-corrected chi connectivity index (χ4v) is 8.97. The molecule has 1 aromatic heterocycles. The van der Waals surface area contributed by atoms with E-state index in [1.807, 2.05) is 35.7 Å². The normalized spacial score (nSPS) is 33.4. The summed E-state index contributed by atoms with van der Waals surface area (Å²) < 4.78 is 7.67. The molecule has 194 valence electrons. The number of aliphatic hydroxyl groups is 1. The highest BCUT2D eigenvalue weighted by molar-refractivity contribution is 7.17. The van der Waals surface area contributed by atoms with E-state index >= 15 is 0 Å². The number of rotatable bonds is 4. The van der Waals surface area contributed by atoms with Gasteiger partial charge in [-0.1, -0.05) is 24.3 Å². The van der Waals surface area contributed by atoms with Gasteiger partial charge in [0.2, 0.25) is 0 Å². The van der Waals surface area contributed by atoms with E-state index in [2.05, 4.69) is 10.2 Å². The smallest absolute Gasteiger partial charge is 0.253 e. The number of benzene rings is 2. The van der Waals surface area contributed by atoms with E-state index in [4.69, 9.17) is 4.74 Å². The first-order valence-corrected chi connectivity index (χ1v) is 14.1. The number of phenols is 1. The molecule has 6 nitrogen and oxygen atoms in total. The standard InChI is InChI=1S/C29H30N2O4S.ClH/c32-21-8-7-17-13-23-29(34)10-9-20(30-27(33)19-15-36-22-4-2-1-3-18(19)22)26-28(29,24(17)25(21)35-26)11-12-31(23)14-16-5-6-16;/h1-4,7-8,15-16,20,23,26,32,34H,5-6,9-14H2,(H,30,33);1H/t20-,23-,26+,28+,29-;/m1./s1. The van der Waals surface area contributed by atoms with Crippen LogP contribution < -0.4 is 10.1 Å². The van der Waals surface area contributed by atoms with Gasteiger partial charge in [-0.2, -0.15) is 0 Å². The molecule has 3 N–H and O–H groups in total. The van der Waals surface area contributed by atoms with Crippen molar-refractivity contribution in [2.75, 3.05) is 13.1 Å². The van der Waals surface area contributed by atoms with Crippen molar-refractivity contribution < 1.29 is 19.7 Å². The molecule has 2 bridgehead atoms. The van der Waals surface area contributed by atoms with Gasteiger partial charge < -0.3 is 20.3 Å². The number of nitrogens with zero attached hydrogens (tertiary/aromatic N) is 1. The predicted octanol–water partition coefficient (Wildman–Crippen LogP) is 4.39. The first-order valence-electron chi connectivity index (χ1n) is 13.2. The molecule has 1 spiro atoms. The molecule has 2 aromatic carbocycles. The number of likely N-dealkylation sites (tertiary alicyclic amines) is 1. The molecule has 8 heteroatoms. The summed E-state index contributed by atoms with van der Waals surface area (Å²) in [4.78, 5) is 16.1. The van der Waals surface area contributed by atoms with Crippen LogP contribution in [-0.4, -0.2) is 57.9 Å². The van der Waals surface area contributed by atoms with Crippen molar-refractivity contribution in [1.82, 2.24) is 10.2 Å². The third kappa shape index (κ3) is 3.08. The lowest BCUT2D eigenvalue weighted by molar-refractivity contribution is -0.191. The van der Waals surface area contributed by atoms with Crippen LogP contribution in [0.2, 0.25) is 0 Å². The van der Waals surface area contributed by atoms with Crippen LogP contribution in [0.5, 0.6) is 11.5 Å². The third-order valence-corrected chi connectivity index (χ3v) is 10.8. The molecule has 3 fully saturated rings. The summed E-state index contributed by atoms with van der Waals surface area (Å²) in [5, 5.41) is 29.6. The van der Waals surface area contributed by atoms with Crippen LogP contribution in [0.25, 0.3) is 10.1 Å². The van der Waals surface area contributed by atoms with Crippen LogP contribution in [0.3, 0.4) is 0 Å². The molecule has 1 saturated heterocycles. The van der Waals surface area contributed by atoms with Gasteiger partial charge in [-0.3, -0.25) is 9.69 Å². The van der Waals surface area contributed by atoms with Crippen molar-refractivity contribution in [3.05, 3.63) is 58.5 Å². The zero-order valence-corrected chi connectivity index (χ0v) is 22.1. The largest absolute Gasteiger partial charge is 0.504 e. The highest BCUT2D eigenvalue weighted by Crippen LogP contribution is 2.65. The van der Waals surface area contributed by atoms with Crippen molar-refractivity contribution in [1.29, 1.82) is 0 Å². The average Bonchev–Trinajstić information content (AvgIpc) is 3.46. The van der Waals surface area contributed by atoms with Gasteiger partial charge in [0.25, 0.3) is 5.91 Å². The highest BCUT2D eigenvalue weighted by Gasteiger charge is 2.73. The lowest BCUT2D eigenvalue weighted by Crippen LogP contribution is -2.78. The molecule has 1 amide bonds. The SMILES string of the molecule is Cl.O=C(N[C@@H]1CC[C@@]2(O)[C@H]3Cc4ccc(O)c5c4[C@@]2(CCN3CC2CC2)[C@H]1O5)c1csc2ccccc12. The van der Waals surface area contributed by atoms with Crippen molar-refractivity contribution in [3.63, 3.8) is 0 Å². The fourth-order valence-electron chi connectivity index (χ4n) is 8.03. The van der Waals surface area contributed by atoms with Crippen molar-refractivity contribution in [3.8, 4) is 11.5 Å². The number of nitrogens with one attached hydrogen (secondary N) is 1. The molecule has 5 atom stereocenters. The van der Waals surface area contributed by atoms with E-state index < -0.39 is 17.1 Å². The van der Waals surface area contributed by atoms with Gasteiger partial charge >= 0.3 is 0 Å². The summed E-state index contributed by atoms with van der Waals surface area (Å²) in [5.41, 5.74) is 1.31. The van der Waals surface area contributed by atoms with E-state index in [0.717, 1.165) is 47.5 Å². The van der Waals surface area contributed by atoms with Crippen LogP contribution >= 0.6 is 23.7 Å². The second kappa shape index (κ2) is 8.09. The second-order valence-corrected chi connectivity index (χ2v) is 12.5. The van der Waals surface area contributed by atoms with Crippen LogP contribution in [0.4, 0.5) is 0 Å². The minimum absolute atomic E-state index is 0. The number of piperidine rings is 1. The minimum Gasteiger partial charge on any atom is -0.504 e. The number of aromatic hydroxyl groups is 1. The van der Waals surface area contributed by atoms with Crippen LogP contribution in [0.15, 0.2) is 41.8 Å². The Morgan fingerprint density at radius 2 is 2.00 bits per heavy atom. The summed E-state index contributed by atoms with van der Waals surface area (Å²) in [6.45, 7) is 1.97. The van der Waals surface area contributed by atoms with E-state index in [9.17, 15) is 15.0 Å². The van der Waals surface area contributed by atoms with Crippen LogP contribution in [-0.2, 0) is 11.8 Å². The Balaban J connectivity index is 0.00000231. The van der Waals surface area contributed by atoms with E-state index in [1.165, 1.54) is 18.4 Å². The molecule has 3 heterocycles. The Morgan fingerprint density at radius 1 is 1.16 bits per heavy atom. The number of halogens is 1. The number of phenolic OH excluding ortho intramolecular Hbond substituents is 1. The molecule has 2 aliphatic heterocycles. The van der Waals surface area contributed by atoms with Gasteiger partial charge in [-0.15, -0.1) is 23.7 Å². The van der Waals surface area contributed by atoms with Crippen molar-refractivity contribution in [2.24, 2.45) is 5.92 Å². The quantitative estimate of drug-likeness (QED) is 0.459. The first kappa shape index (κ1) is 23.8. The second-order valence-electron chi connectivity index (χ2n) is 11.6. The first-order chi connectivity index (χ1) is 17.5. The summed E-state index contributed by atoms with van der Waals surface area (Å²) in [6, 6.07) is 11.5. The average molecular weight is 539 g/mol. The number of carbonyl (C=O) groups is 1. The molecule has 2 saturated carbocycles. The van der Waals surface area contributed by atoms with Gasteiger partial charge in [0, 0.05) is 33.6 Å². The topological polar surface area (TPSA) is 82.0 Å². The number of amides is 1. The lowest BCUT2D eigenvalue weighted by atomic mass is 9.48. The number of carbonyl (C=O) groups excluding carboxylic acids is 1. The summed E-state index contributed by atoms with van der Waals surface area (Å²) in [6.07, 6.45) is 4.99. The molecule has 3 aromatic rings. The molecule has 37 heavy (non-hydrogen) atoms. The highest BCUT2D eigenvalue weighted by atomic mass is 35.5. The maximum absolute atomic E-state index is 13.5. The fraction of sp³-hybridized carbons (Fsp3) is 0.483. The number of thiophene rings is 1. The van der Waals surface area contributed by atoms with E-state index in [0.29, 0.717) is 24.2 Å². The summed E-state index contributed by atoms with van der Waals surface area (Å²) in [7, 11) is 0. The molecule has 0 radical (unpaired) electrons. The summed E-state index contributed by atoms with van der Waals surface area (Å²) >= 11 is 1.58. The van der Waals surface area contributed by atoms with E-state index in [1.54, 1.807) is 17.4 Å². The Kier molecular flexibility index (Phi) is 5.20. The van der Waals surface area contributed by atoms with Crippen LogP contribution in [0.1, 0.15) is 53.6 Å². The molecular weight excluding hydrogens is 508 g/mol. The Morgan fingerprint density at radius 3 is 2.84 bits per heavy atom. The van der Waals surface area contributed by atoms with Gasteiger partial charge in [-0.25, -0.2) is 0 Å². The molecule has 5 aliphatic rings. The lowest BCUT2D eigenvalue weighted by Gasteiger charge is -2.64. The summed E-state index contributed by atoms with van der Waals surface area (Å²) in [5.74, 6) is 1.31. The van der Waals surface area contributed by atoms with Gasteiger partial charge in [0.15, 0.2) is 11.5 Å². The number of hydrogen-bond acceptors (Lipinski definition) is 6. The monoisotopic (exact) mass is 538 g/mol. The number of hydrogen-bond donors (Lipinski definition) is 3. The Labute approximate surface area is 226 Å². The van der Waals surface area contributed by atoms with Crippen LogP contribution in [0, 0.1) is 5.92 Å². The van der Waals surface area contributed by atoms with Gasteiger partial charge in [0.1, 0.15) is 6.10 Å². The number of ether oxygens (including phenoxy) is 1. The zero-order chi connectivity index (χ0) is 24.2. The molecular formula is C29H31ClN2O4S. The minimum atomic E-state index is -0.937. The van der Waals surface area contributed by atoms with Gasteiger partial charge in [0.05, 0.1) is 22.6 Å². The maximum atomic E-state index is 13.5. The van der Waals surface area contributed by atoms with Crippen molar-refractivity contribution >= 4 is 39.7 Å². The predicted molar refractivity (Wildman–Crippen MR) is 145 cm³/mol. The zero-order valence-electron chi connectivity index (χ0n) is 20.5. The molecule has 3 aliphatic carbocycles. The number of fused-ring (bicyclic) bond motifs is 1. The Bertz CT molecular complexity index is 1420. The van der Waals surface area contributed by atoms with Crippen molar-refractivity contribution in [2.45, 2.75) is 67.7 Å². The van der Waals surface area contributed by atoms with Gasteiger partial charge in [-0.05, 0) is 68.7 Å². The van der Waals surface area contributed by atoms with E-state index in [-0.39, 0.29) is 36.1 Å². The third-order valence-electron chi connectivity index (χ3n) is 9.80. The molecule has 8 rings (SSSR count).